The van der Waals surface area contributed by atoms with Gasteiger partial charge in [0.25, 0.3) is 0 Å². The molecule has 1 unspecified atom stereocenters. The van der Waals surface area contributed by atoms with Gasteiger partial charge >= 0.3 is 0 Å². The van der Waals surface area contributed by atoms with Gasteiger partial charge < -0.3 is 10.6 Å². The molecule has 0 aromatic heterocycles. The topological polar surface area (TPSA) is 63.4 Å². The van der Waals surface area contributed by atoms with Crippen LogP contribution >= 0.6 is 0 Å². The highest BCUT2D eigenvalue weighted by molar-refractivity contribution is 5.88. The molecule has 1 aliphatic heterocycles. The maximum Gasteiger partial charge on any atom is 0.244 e. The number of hydrogen-bond acceptors (Lipinski definition) is 2. The smallest absolute Gasteiger partial charge is 0.244 e. The summed E-state index contributed by atoms with van der Waals surface area (Å²) in [6, 6.07) is 7.93. The number of benzene rings is 1. The van der Waals surface area contributed by atoms with E-state index in [4.69, 9.17) is 5.73 Å². The van der Waals surface area contributed by atoms with E-state index in [2.05, 4.69) is 13.0 Å². The van der Waals surface area contributed by atoms with Crippen molar-refractivity contribution in [2.45, 2.75) is 70.8 Å². The number of primary amides is 1. The molecular formula is C20H29N2O2. The van der Waals surface area contributed by atoms with Gasteiger partial charge in [0.05, 0.1) is 0 Å². The molecule has 2 rings (SSSR count). The summed E-state index contributed by atoms with van der Waals surface area (Å²) in [5, 5.41) is 0. The average Bonchev–Trinajstić information content (AvgIpc) is 2.59. The lowest BCUT2D eigenvalue weighted by molar-refractivity contribution is -0.140. The van der Waals surface area contributed by atoms with Crippen molar-refractivity contribution in [1.29, 1.82) is 0 Å². The summed E-state index contributed by atoms with van der Waals surface area (Å²) >= 11 is 0. The molecule has 1 atom stereocenters. The Morgan fingerprint density at radius 1 is 1.21 bits per heavy atom. The Balaban J connectivity index is 1.86. The molecule has 131 valence electrons. The van der Waals surface area contributed by atoms with Gasteiger partial charge in [0.1, 0.15) is 6.04 Å². The van der Waals surface area contributed by atoms with Crippen LogP contribution in [0.5, 0.6) is 0 Å². The van der Waals surface area contributed by atoms with Crippen LogP contribution in [0.2, 0.25) is 0 Å². The lowest BCUT2D eigenvalue weighted by Crippen LogP contribution is -2.45. The quantitative estimate of drug-likeness (QED) is 0.704. The van der Waals surface area contributed by atoms with Gasteiger partial charge in [-0.1, -0.05) is 63.6 Å². The lowest BCUT2D eigenvalue weighted by Gasteiger charge is -2.35. The molecule has 1 radical (unpaired) electrons. The van der Waals surface area contributed by atoms with Crippen LogP contribution < -0.4 is 5.73 Å². The molecule has 2 N–H and O–H groups in total. The highest BCUT2D eigenvalue weighted by Gasteiger charge is 2.33. The second-order valence-corrected chi connectivity index (χ2v) is 6.64. The van der Waals surface area contributed by atoms with Gasteiger partial charge in [0, 0.05) is 13.0 Å². The molecular weight excluding hydrogens is 300 g/mol. The molecule has 1 heterocycles. The molecule has 2 amide bonds. The molecule has 1 aromatic carbocycles. The van der Waals surface area contributed by atoms with Crippen molar-refractivity contribution in [2.24, 2.45) is 5.73 Å². The Morgan fingerprint density at radius 2 is 1.92 bits per heavy atom. The van der Waals surface area contributed by atoms with Crippen molar-refractivity contribution in [1.82, 2.24) is 4.90 Å². The fraction of sp³-hybridized carbons (Fsp3) is 0.600. The maximum absolute atomic E-state index is 12.6. The van der Waals surface area contributed by atoms with Crippen molar-refractivity contribution in [2.75, 3.05) is 6.54 Å². The summed E-state index contributed by atoms with van der Waals surface area (Å²) in [5.74, 6) is -0.402. The van der Waals surface area contributed by atoms with Crippen molar-refractivity contribution >= 4 is 11.8 Å². The minimum absolute atomic E-state index is 0.0471. The highest BCUT2D eigenvalue weighted by Crippen LogP contribution is 2.30. The van der Waals surface area contributed by atoms with Gasteiger partial charge in [0.15, 0.2) is 0 Å². The number of amides is 2. The first-order valence-electron chi connectivity index (χ1n) is 9.22. The van der Waals surface area contributed by atoms with Gasteiger partial charge in [-0.25, -0.2) is 0 Å². The van der Waals surface area contributed by atoms with Crippen LogP contribution in [0.15, 0.2) is 18.2 Å². The SMILES string of the molecule is CCCCCCCCCC(=O)N1CCc2c[c]ccc2C1C(N)=O. The second kappa shape index (κ2) is 9.45. The number of nitrogens with zero attached hydrogens (tertiary/aromatic N) is 1. The van der Waals surface area contributed by atoms with Crippen LogP contribution in [0.1, 0.15) is 75.5 Å². The molecule has 0 spiro atoms. The monoisotopic (exact) mass is 329 g/mol. The Bertz CT molecular complexity index is 556. The summed E-state index contributed by atoms with van der Waals surface area (Å²) in [4.78, 5) is 26.2. The van der Waals surface area contributed by atoms with Gasteiger partial charge in [0.2, 0.25) is 11.8 Å². The lowest BCUT2D eigenvalue weighted by atomic mass is 9.91. The summed E-state index contributed by atoms with van der Waals surface area (Å²) < 4.78 is 0. The molecule has 4 heteroatoms. The van der Waals surface area contributed by atoms with Crippen LogP contribution in [0.4, 0.5) is 0 Å². The van der Waals surface area contributed by atoms with E-state index >= 15 is 0 Å². The molecule has 0 bridgehead atoms. The van der Waals surface area contributed by atoms with Crippen LogP contribution in [0.25, 0.3) is 0 Å². The third-order valence-corrected chi connectivity index (χ3v) is 4.80. The zero-order valence-corrected chi connectivity index (χ0v) is 14.7. The number of fused-ring (bicyclic) bond motifs is 1. The van der Waals surface area contributed by atoms with Crippen molar-refractivity contribution in [3.8, 4) is 0 Å². The van der Waals surface area contributed by atoms with Gasteiger partial charge in [-0.15, -0.1) is 0 Å². The summed E-state index contributed by atoms with van der Waals surface area (Å²) in [5.41, 5.74) is 7.52. The predicted molar refractivity (Wildman–Crippen MR) is 95.2 cm³/mol. The minimum Gasteiger partial charge on any atom is -0.368 e. The first-order valence-corrected chi connectivity index (χ1v) is 9.22. The first kappa shape index (κ1) is 18.5. The van der Waals surface area contributed by atoms with Crippen molar-refractivity contribution < 1.29 is 9.59 Å². The van der Waals surface area contributed by atoms with E-state index in [9.17, 15) is 9.59 Å². The number of unbranched alkanes of at least 4 members (excludes halogenated alkanes) is 6. The average molecular weight is 329 g/mol. The molecule has 4 nitrogen and oxygen atoms in total. The molecule has 0 aliphatic carbocycles. The van der Waals surface area contributed by atoms with E-state index in [0.717, 1.165) is 30.4 Å². The normalized spacial score (nSPS) is 16.7. The Morgan fingerprint density at radius 3 is 2.62 bits per heavy atom. The Hall–Kier alpha value is -1.84. The van der Waals surface area contributed by atoms with Crippen molar-refractivity contribution in [3.63, 3.8) is 0 Å². The van der Waals surface area contributed by atoms with Crippen LogP contribution in [-0.4, -0.2) is 23.3 Å². The second-order valence-electron chi connectivity index (χ2n) is 6.64. The van der Waals surface area contributed by atoms with E-state index in [1.54, 1.807) is 11.0 Å². The molecule has 1 aliphatic rings. The third-order valence-electron chi connectivity index (χ3n) is 4.80. The zero-order valence-electron chi connectivity index (χ0n) is 14.7. The number of carbonyl (C=O) groups is 2. The third kappa shape index (κ3) is 4.83. The predicted octanol–water partition coefficient (Wildman–Crippen LogP) is 3.54. The Labute approximate surface area is 145 Å². The van der Waals surface area contributed by atoms with E-state index < -0.39 is 11.9 Å². The van der Waals surface area contributed by atoms with E-state index in [1.807, 2.05) is 12.1 Å². The van der Waals surface area contributed by atoms with Gasteiger partial charge in [-0.3, -0.25) is 9.59 Å². The summed E-state index contributed by atoms with van der Waals surface area (Å²) in [6.45, 7) is 2.77. The van der Waals surface area contributed by atoms with Gasteiger partial charge in [-0.2, -0.15) is 0 Å². The zero-order chi connectivity index (χ0) is 17.4. The maximum atomic E-state index is 12.6. The highest BCUT2D eigenvalue weighted by atomic mass is 16.2. The first-order chi connectivity index (χ1) is 11.6. The molecule has 0 fully saturated rings. The molecule has 1 aromatic rings. The summed E-state index contributed by atoms with van der Waals surface area (Å²) in [7, 11) is 0. The summed E-state index contributed by atoms with van der Waals surface area (Å²) in [6.07, 6.45) is 9.51. The largest absolute Gasteiger partial charge is 0.368 e. The van der Waals surface area contributed by atoms with Crippen LogP contribution in [0, 0.1) is 6.07 Å². The molecule has 0 saturated carbocycles. The fourth-order valence-electron chi connectivity index (χ4n) is 3.45. The number of rotatable bonds is 9. The van der Waals surface area contributed by atoms with Crippen LogP contribution in [-0.2, 0) is 16.0 Å². The number of hydrogen-bond donors (Lipinski definition) is 1. The van der Waals surface area contributed by atoms with E-state index in [-0.39, 0.29) is 5.91 Å². The molecule has 24 heavy (non-hydrogen) atoms. The van der Waals surface area contributed by atoms with Crippen LogP contribution in [0.3, 0.4) is 0 Å². The van der Waals surface area contributed by atoms with E-state index in [1.165, 1.54) is 32.1 Å². The fourth-order valence-corrected chi connectivity index (χ4v) is 3.45. The minimum atomic E-state index is -0.625. The Kier molecular flexibility index (Phi) is 7.29. The van der Waals surface area contributed by atoms with Crippen molar-refractivity contribution in [3.05, 3.63) is 35.4 Å². The molecule has 0 saturated heterocycles. The number of carbonyl (C=O) groups excluding carboxylic acids is 2. The van der Waals surface area contributed by atoms with Gasteiger partial charge in [-0.05, 0) is 30.0 Å². The van der Waals surface area contributed by atoms with E-state index in [0.29, 0.717) is 13.0 Å². The number of nitrogens with two attached hydrogens (primary N) is 1. The standard InChI is InChI=1S/C20H29N2O2/c1-2-3-4-5-6-7-8-13-18(23)22-15-14-16-11-9-10-12-17(16)19(22)20(21)24/h10-12,19H,2-8,13-15H2,1H3,(H2,21,24).